The first-order chi connectivity index (χ1) is 10.1. The van der Waals surface area contributed by atoms with Gasteiger partial charge in [-0.25, -0.2) is 13.2 Å². The third kappa shape index (κ3) is 2.58. The van der Waals surface area contributed by atoms with E-state index in [9.17, 15) is 18.0 Å². The summed E-state index contributed by atoms with van der Waals surface area (Å²) in [7, 11) is 0. The zero-order chi connectivity index (χ0) is 15.0. The minimum absolute atomic E-state index is 0.464. The van der Waals surface area contributed by atoms with E-state index in [2.05, 4.69) is 0 Å². The van der Waals surface area contributed by atoms with Crippen LogP contribution >= 0.6 is 0 Å². The number of carbonyl (C=O) groups excluding carboxylic acids is 1. The van der Waals surface area contributed by atoms with E-state index in [1.807, 2.05) is 24.3 Å². The Bertz CT molecular complexity index is 686. The largest absolute Gasteiger partial charge is 0.294 e. The average Bonchev–Trinajstić information content (AvgIpc) is 2.45. The number of carbonyl (C=O) groups is 1. The molecule has 1 nitrogen and oxygen atoms in total. The summed E-state index contributed by atoms with van der Waals surface area (Å²) in [6, 6.07) is 8.83. The van der Waals surface area contributed by atoms with E-state index in [-0.39, 0.29) is 0 Å². The quantitative estimate of drug-likeness (QED) is 0.761. The third-order valence-electron chi connectivity index (χ3n) is 3.97. The molecule has 0 aliphatic heterocycles. The zero-order valence-electron chi connectivity index (χ0n) is 11.2. The first-order valence-corrected chi connectivity index (χ1v) is 6.82. The fourth-order valence-corrected chi connectivity index (χ4v) is 2.90. The molecular formula is C17H13F3O. The van der Waals surface area contributed by atoms with Crippen molar-refractivity contribution in [2.75, 3.05) is 0 Å². The van der Waals surface area contributed by atoms with Crippen molar-refractivity contribution in [1.82, 2.24) is 0 Å². The monoisotopic (exact) mass is 290 g/mol. The van der Waals surface area contributed by atoms with Crippen LogP contribution in [-0.2, 0) is 12.8 Å². The number of rotatable bonds is 2. The van der Waals surface area contributed by atoms with Gasteiger partial charge in [-0.2, -0.15) is 0 Å². The average molecular weight is 290 g/mol. The van der Waals surface area contributed by atoms with Crippen LogP contribution in [-0.4, -0.2) is 5.78 Å². The van der Waals surface area contributed by atoms with Crippen LogP contribution in [0.25, 0.3) is 0 Å². The van der Waals surface area contributed by atoms with Crippen molar-refractivity contribution in [2.45, 2.75) is 19.3 Å². The Morgan fingerprint density at radius 3 is 2.29 bits per heavy atom. The Morgan fingerprint density at radius 2 is 1.62 bits per heavy atom. The van der Waals surface area contributed by atoms with E-state index in [1.165, 1.54) is 5.56 Å². The molecule has 0 saturated carbocycles. The standard InChI is InChI=1S/C17H13F3O/c18-13-8-14(19)16(15(20)9-13)17(21)12-6-5-10-3-1-2-4-11(10)7-12/h1-4,8-9,12H,5-7H2. The molecule has 0 saturated heterocycles. The Kier molecular flexibility index (Phi) is 3.53. The van der Waals surface area contributed by atoms with Crippen molar-refractivity contribution >= 4 is 5.78 Å². The second-order valence-electron chi connectivity index (χ2n) is 5.32. The summed E-state index contributed by atoms with van der Waals surface area (Å²) >= 11 is 0. The van der Waals surface area contributed by atoms with Crippen molar-refractivity contribution in [3.63, 3.8) is 0 Å². The summed E-state index contributed by atoms with van der Waals surface area (Å²) in [6.07, 6.45) is 1.72. The number of benzene rings is 2. The smallest absolute Gasteiger partial charge is 0.172 e. The van der Waals surface area contributed by atoms with Gasteiger partial charge in [0.1, 0.15) is 17.5 Å². The van der Waals surface area contributed by atoms with Crippen LogP contribution in [0, 0.1) is 23.4 Å². The summed E-state index contributed by atoms with van der Waals surface area (Å²) < 4.78 is 40.3. The number of fused-ring (bicyclic) bond motifs is 1. The van der Waals surface area contributed by atoms with Crippen molar-refractivity contribution < 1.29 is 18.0 Å². The topological polar surface area (TPSA) is 17.1 Å². The van der Waals surface area contributed by atoms with Gasteiger partial charge in [-0.15, -0.1) is 0 Å². The van der Waals surface area contributed by atoms with Gasteiger partial charge in [0.2, 0.25) is 0 Å². The van der Waals surface area contributed by atoms with Gasteiger partial charge in [0, 0.05) is 18.1 Å². The van der Waals surface area contributed by atoms with E-state index < -0.39 is 34.7 Å². The lowest BCUT2D eigenvalue weighted by atomic mass is 9.80. The molecule has 21 heavy (non-hydrogen) atoms. The molecule has 3 rings (SSSR count). The van der Waals surface area contributed by atoms with Crippen LogP contribution in [0.4, 0.5) is 13.2 Å². The molecule has 2 aromatic rings. The molecule has 4 heteroatoms. The number of Topliss-reactive ketones (excluding diaryl/α,β-unsaturated/α-hetero) is 1. The highest BCUT2D eigenvalue weighted by Gasteiger charge is 2.29. The first kappa shape index (κ1) is 13.9. The van der Waals surface area contributed by atoms with Crippen molar-refractivity contribution in [2.24, 2.45) is 5.92 Å². The molecule has 108 valence electrons. The molecule has 0 heterocycles. The highest BCUT2D eigenvalue weighted by Crippen LogP contribution is 2.29. The summed E-state index contributed by atoms with van der Waals surface area (Å²) in [5.41, 5.74) is 1.58. The lowest BCUT2D eigenvalue weighted by Crippen LogP contribution is -2.24. The van der Waals surface area contributed by atoms with E-state index in [0.717, 1.165) is 5.56 Å². The van der Waals surface area contributed by atoms with Gasteiger partial charge in [0.15, 0.2) is 5.78 Å². The summed E-state index contributed by atoms with van der Waals surface area (Å²) in [4.78, 5) is 12.4. The second kappa shape index (κ2) is 5.35. The van der Waals surface area contributed by atoms with E-state index in [0.29, 0.717) is 31.4 Å². The normalized spacial score (nSPS) is 17.4. The van der Waals surface area contributed by atoms with E-state index in [4.69, 9.17) is 0 Å². The molecule has 2 aromatic carbocycles. The first-order valence-electron chi connectivity index (χ1n) is 6.82. The molecule has 1 aliphatic carbocycles. The summed E-state index contributed by atoms with van der Waals surface area (Å²) in [5.74, 6) is -4.32. The third-order valence-corrected chi connectivity index (χ3v) is 3.97. The van der Waals surface area contributed by atoms with Crippen LogP contribution in [0.2, 0.25) is 0 Å². The lowest BCUT2D eigenvalue weighted by Gasteiger charge is -2.23. The molecule has 0 N–H and O–H groups in total. The molecular weight excluding hydrogens is 277 g/mol. The van der Waals surface area contributed by atoms with Crippen molar-refractivity contribution in [3.8, 4) is 0 Å². The van der Waals surface area contributed by atoms with Crippen molar-refractivity contribution in [3.05, 3.63) is 70.5 Å². The molecule has 1 aliphatic rings. The molecule has 1 atom stereocenters. The fourth-order valence-electron chi connectivity index (χ4n) is 2.90. The number of halogens is 3. The number of aryl methyl sites for hydroxylation is 1. The lowest BCUT2D eigenvalue weighted by molar-refractivity contribution is 0.0900. The van der Waals surface area contributed by atoms with E-state index >= 15 is 0 Å². The maximum absolute atomic E-state index is 13.7. The van der Waals surface area contributed by atoms with Gasteiger partial charge < -0.3 is 0 Å². The molecule has 0 amide bonds. The maximum Gasteiger partial charge on any atom is 0.172 e. The van der Waals surface area contributed by atoms with Crippen LogP contribution in [0.15, 0.2) is 36.4 Å². The Hall–Kier alpha value is -2.10. The Balaban J connectivity index is 1.91. The summed E-state index contributed by atoms with van der Waals surface area (Å²) in [6.45, 7) is 0. The minimum Gasteiger partial charge on any atom is -0.294 e. The van der Waals surface area contributed by atoms with Gasteiger partial charge >= 0.3 is 0 Å². The van der Waals surface area contributed by atoms with Gasteiger partial charge in [-0.05, 0) is 30.4 Å². The molecule has 0 bridgehead atoms. The number of hydrogen-bond donors (Lipinski definition) is 0. The van der Waals surface area contributed by atoms with Crippen LogP contribution < -0.4 is 0 Å². The molecule has 0 radical (unpaired) electrons. The maximum atomic E-state index is 13.7. The molecule has 1 unspecified atom stereocenters. The van der Waals surface area contributed by atoms with Crippen LogP contribution in [0.1, 0.15) is 27.9 Å². The predicted molar refractivity (Wildman–Crippen MR) is 72.6 cm³/mol. The van der Waals surface area contributed by atoms with Crippen LogP contribution in [0.5, 0.6) is 0 Å². The summed E-state index contributed by atoms with van der Waals surface area (Å²) in [5, 5.41) is 0. The van der Waals surface area contributed by atoms with Crippen molar-refractivity contribution in [1.29, 1.82) is 0 Å². The van der Waals surface area contributed by atoms with Gasteiger partial charge in [0.25, 0.3) is 0 Å². The highest BCUT2D eigenvalue weighted by molar-refractivity contribution is 5.98. The number of hydrogen-bond acceptors (Lipinski definition) is 1. The van der Waals surface area contributed by atoms with Gasteiger partial charge in [-0.3, -0.25) is 4.79 Å². The highest BCUT2D eigenvalue weighted by atomic mass is 19.1. The van der Waals surface area contributed by atoms with Gasteiger partial charge in [-0.1, -0.05) is 24.3 Å². The second-order valence-corrected chi connectivity index (χ2v) is 5.32. The number of ketones is 1. The molecule has 0 fully saturated rings. The Labute approximate surface area is 120 Å². The SMILES string of the molecule is O=C(c1c(F)cc(F)cc1F)C1CCc2ccccc2C1. The Morgan fingerprint density at radius 1 is 1.00 bits per heavy atom. The molecule has 0 aromatic heterocycles. The zero-order valence-corrected chi connectivity index (χ0v) is 11.2. The molecule has 0 spiro atoms. The minimum atomic E-state index is -1.13. The van der Waals surface area contributed by atoms with Crippen LogP contribution in [0.3, 0.4) is 0 Å². The van der Waals surface area contributed by atoms with E-state index in [1.54, 1.807) is 0 Å². The fraction of sp³-hybridized carbons (Fsp3) is 0.235. The van der Waals surface area contributed by atoms with Gasteiger partial charge in [0.05, 0.1) is 5.56 Å². The predicted octanol–water partition coefficient (Wildman–Crippen LogP) is 4.09.